The van der Waals surface area contributed by atoms with E-state index in [9.17, 15) is 19.5 Å². The number of aromatic amines is 1. The van der Waals surface area contributed by atoms with Crippen LogP contribution in [-0.4, -0.2) is 57.8 Å². The molecule has 0 saturated heterocycles. The fraction of sp³-hybridized carbons (Fsp3) is 0.250. The van der Waals surface area contributed by atoms with Crippen LogP contribution in [0.1, 0.15) is 35.2 Å². The summed E-state index contributed by atoms with van der Waals surface area (Å²) in [4.78, 5) is 45.2. The predicted octanol–water partition coefficient (Wildman–Crippen LogP) is 4.03. The first kappa shape index (κ1) is 28.6. The minimum absolute atomic E-state index is 0.0159. The fourth-order valence-corrected chi connectivity index (χ4v) is 5.14. The molecule has 0 bridgehead atoms. The number of benzene rings is 3. The quantitative estimate of drug-likeness (QED) is 0.202. The average Bonchev–Trinajstić information content (AvgIpc) is 3.63. The zero-order chi connectivity index (χ0) is 29.5. The topological polar surface area (TPSA) is 143 Å². The van der Waals surface area contributed by atoms with Crippen LogP contribution in [0.25, 0.3) is 11.1 Å². The van der Waals surface area contributed by atoms with Crippen LogP contribution in [0.3, 0.4) is 0 Å². The normalized spacial score (nSPS) is 14.2. The fourth-order valence-electron chi connectivity index (χ4n) is 5.14. The van der Waals surface area contributed by atoms with Gasteiger partial charge in [0, 0.05) is 24.2 Å². The van der Waals surface area contributed by atoms with E-state index >= 15 is 0 Å². The Balaban J connectivity index is 1.28. The third kappa shape index (κ3) is 6.67. The molecule has 0 radical (unpaired) electrons. The number of aromatic nitrogens is 2. The summed E-state index contributed by atoms with van der Waals surface area (Å²) in [6, 6.07) is 22.9. The van der Waals surface area contributed by atoms with Gasteiger partial charge in [-0.05, 0) is 34.7 Å². The second-order valence-electron chi connectivity index (χ2n) is 10.1. The van der Waals surface area contributed by atoms with Gasteiger partial charge in [-0.2, -0.15) is 0 Å². The number of fused-ring (bicyclic) bond motifs is 3. The molecule has 0 saturated carbocycles. The highest BCUT2D eigenvalue weighted by atomic mass is 16.5. The summed E-state index contributed by atoms with van der Waals surface area (Å²) in [5.74, 6) is -2.10. The Labute approximate surface area is 243 Å². The van der Waals surface area contributed by atoms with E-state index in [1.807, 2.05) is 78.9 Å². The molecule has 1 aromatic heterocycles. The Hall–Kier alpha value is -4.96. The van der Waals surface area contributed by atoms with Crippen molar-refractivity contribution in [2.24, 2.45) is 0 Å². The smallest absolute Gasteiger partial charge is 0.407 e. The number of carbonyl (C=O) groups excluding carboxylic acids is 2. The van der Waals surface area contributed by atoms with E-state index in [4.69, 9.17) is 9.47 Å². The summed E-state index contributed by atoms with van der Waals surface area (Å²) < 4.78 is 11.6. The van der Waals surface area contributed by atoms with Crippen molar-refractivity contribution in [1.29, 1.82) is 0 Å². The van der Waals surface area contributed by atoms with Gasteiger partial charge in [-0.25, -0.2) is 14.6 Å². The van der Waals surface area contributed by atoms with Crippen molar-refractivity contribution in [2.45, 2.75) is 44.1 Å². The highest BCUT2D eigenvalue weighted by Crippen LogP contribution is 2.44. The summed E-state index contributed by atoms with van der Waals surface area (Å²) in [5.41, 5.74) is 5.73. The zero-order valence-electron chi connectivity index (χ0n) is 23.0. The number of nitrogens with zero attached hydrogens (tertiary/aromatic N) is 1. The largest absolute Gasteiger partial charge is 0.480 e. The van der Waals surface area contributed by atoms with Gasteiger partial charge in [0.25, 0.3) is 0 Å². The average molecular weight is 569 g/mol. The first-order chi connectivity index (χ1) is 20.4. The molecule has 1 aliphatic carbocycles. The van der Waals surface area contributed by atoms with Gasteiger partial charge < -0.3 is 30.2 Å². The molecule has 1 heterocycles. The van der Waals surface area contributed by atoms with E-state index in [0.29, 0.717) is 5.69 Å². The van der Waals surface area contributed by atoms with Crippen molar-refractivity contribution in [3.05, 3.63) is 114 Å². The minimum Gasteiger partial charge on any atom is -0.480 e. The molecule has 2 unspecified atom stereocenters. The third-order valence-corrected chi connectivity index (χ3v) is 7.32. The van der Waals surface area contributed by atoms with Gasteiger partial charge in [0.2, 0.25) is 5.91 Å². The summed E-state index contributed by atoms with van der Waals surface area (Å²) in [6.07, 6.45) is 1.27. The van der Waals surface area contributed by atoms with Gasteiger partial charge in [0.15, 0.2) is 0 Å². The van der Waals surface area contributed by atoms with Gasteiger partial charge in [0.1, 0.15) is 18.7 Å². The van der Waals surface area contributed by atoms with Crippen LogP contribution in [0.2, 0.25) is 0 Å². The number of H-pyrrole nitrogens is 1. The summed E-state index contributed by atoms with van der Waals surface area (Å²) in [6.45, 7) is 1.89. The molecule has 0 aliphatic heterocycles. The Kier molecular flexibility index (Phi) is 8.93. The number of rotatable bonds is 12. The zero-order valence-corrected chi connectivity index (χ0v) is 23.0. The van der Waals surface area contributed by atoms with Crippen molar-refractivity contribution in [3.63, 3.8) is 0 Å². The van der Waals surface area contributed by atoms with E-state index in [1.54, 1.807) is 6.92 Å². The lowest BCUT2D eigenvalue weighted by molar-refractivity contribution is -0.142. The minimum atomic E-state index is -1.26. The molecule has 4 aromatic rings. The number of carboxylic acids is 1. The SMILES string of the molecule is CC(OCc1ccccc1)C(NC(=O)OCC1c2ccccc2-c2ccccc21)C(=O)N[C@H](Cc1cnc[nH]1)C(=O)O. The molecule has 0 spiro atoms. The Bertz CT molecular complexity index is 1480. The monoisotopic (exact) mass is 568 g/mol. The summed E-state index contributed by atoms with van der Waals surface area (Å²) >= 11 is 0. The van der Waals surface area contributed by atoms with Crippen molar-refractivity contribution >= 4 is 18.0 Å². The molecular weight excluding hydrogens is 536 g/mol. The van der Waals surface area contributed by atoms with Crippen molar-refractivity contribution in [1.82, 2.24) is 20.6 Å². The number of amides is 2. The number of nitrogens with one attached hydrogen (secondary N) is 3. The number of hydrogen-bond acceptors (Lipinski definition) is 6. The molecule has 216 valence electrons. The lowest BCUT2D eigenvalue weighted by Gasteiger charge is -2.26. The molecule has 5 rings (SSSR count). The lowest BCUT2D eigenvalue weighted by atomic mass is 9.98. The van der Waals surface area contributed by atoms with Gasteiger partial charge >= 0.3 is 12.1 Å². The van der Waals surface area contributed by atoms with Crippen molar-refractivity contribution in [2.75, 3.05) is 6.61 Å². The maximum atomic E-state index is 13.4. The molecule has 2 amide bonds. The Morgan fingerprint density at radius 3 is 2.19 bits per heavy atom. The molecule has 10 heteroatoms. The van der Waals surface area contributed by atoms with E-state index < -0.39 is 36.2 Å². The van der Waals surface area contributed by atoms with Crippen molar-refractivity contribution < 1.29 is 29.0 Å². The maximum absolute atomic E-state index is 13.4. The van der Waals surface area contributed by atoms with Crippen LogP contribution in [0.15, 0.2) is 91.4 Å². The van der Waals surface area contributed by atoms with Gasteiger partial charge in [-0.15, -0.1) is 0 Å². The first-order valence-corrected chi connectivity index (χ1v) is 13.7. The number of ether oxygens (including phenoxy) is 2. The standard InChI is InChI=1S/C32H32N4O6/c1-20(41-17-21-9-3-2-4-10-21)29(30(37)35-28(31(38)39)15-22-16-33-19-34-22)36-32(40)42-18-27-25-13-7-5-11-23(25)24-12-6-8-14-26(24)27/h2-14,16,19-20,27-29H,15,17-18H2,1H3,(H,33,34)(H,35,37)(H,36,40)(H,38,39)/t20?,28-,29?/m1/s1. The number of alkyl carbamates (subject to hydrolysis) is 1. The maximum Gasteiger partial charge on any atom is 0.407 e. The molecule has 1 aliphatic rings. The van der Waals surface area contributed by atoms with E-state index in [2.05, 4.69) is 20.6 Å². The molecule has 3 atom stereocenters. The molecule has 4 N–H and O–H groups in total. The van der Waals surface area contributed by atoms with Crippen LogP contribution >= 0.6 is 0 Å². The number of imidazole rings is 1. The molecule has 0 fully saturated rings. The highest BCUT2D eigenvalue weighted by Gasteiger charge is 2.33. The third-order valence-electron chi connectivity index (χ3n) is 7.32. The predicted molar refractivity (Wildman–Crippen MR) is 155 cm³/mol. The van der Waals surface area contributed by atoms with Crippen molar-refractivity contribution in [3.8, 4) is 11.1 Å². The van der Waals surface area contributed by atoms with E-state index in [0.717, 1.165) is 27.8 Å². The number of carbonyl (C=O) groups is 3. The van der Waals surface area contributed by atoms with Crippen LogP contribution in [0, 0.1) is 0 Å². The van der Waals surface area contributed by atoms with E-state index in [1.165, 1.54) is 12.5 Å². The highest BCUT2D eigenvalue weighted by molar-refractivity contribution is 5.90. The molecule has 10 nitrogen and oxygen atoms in total. The summed E-state index contributed by atoms with van der Waals surface area (Å²) in [7, 11) is 0. The second kappa shape index (κ2) is 13.1. The second-order valence-corrected chi connectivity index (χ2v) is 10.1. The summed E-state index contributed by atoms with van der Waals surface area (Å²) in [5, 5.41) is 14.9. The molecule has 3 aromatic carbocycles. The Morgan fingerprint density at radius 1 is 0.929 bits per heavy atom. The first-order valence-electron chi connectivity index (χ1n) is 13.7. The number of carboxylic acid groups (broad SMARTS) is 1. The van der Waals surface area contributed by atoms with E-state index in [-0.39, 0.29) is 25.6 Å². The number of aliphatic carboxylic acids is 1. The molecular formula is C32H32N4O6. The van der Waals surface area contributed by atoms with Gasteiger partial charge in [0.05, 0.1) is 19.0 Å². The van der Waals surface area contributed by atoms with Gasteiger partial charge in [-0.3, -0.25) is 4.79 Å². The lowest BCUT2D eigenvalue weighted by Crippen LogP contribution is -2.56. The Morgan fingerprint density at radius 2 is 1.57 bits per heavy atom. The van der Waals surface area contributed by atoms with Crippen LogP contribution < -0.4 is 10.6 Å². The van der Waals surface area contributed by atoms with Gasteiger partial charge in [-0.1, -0.05) is 78.9 Å². The van der Waals surface area contributed by atoms with Crippen LogP contribution in [-0.2, 0) is 32.1 Å². The number of hydrogen-bond donors (Lipinski definition) is 4. The molecule has 42 heavy (non-hydrogen) atoms. The van der Waals surface area contributed by atoms with Crippen LogP contribution in [0.5, 0.6) is 0 Å². The van der Waals surface area contributed by atoms with Crippen LogP contribution in [0.4, 0.5) is 4.79 Å².